The minimum atomic E-state index is -0.0917. The molecule has 154 valence electrons. The van der Waals surface area contributed by atoms with Crippen molar-refractivity contribution in [2.75, 3.05) is 63.3 Å². The van der Waals surface area contributed by atoms with Gasteiger partial charge in [0.15, 0.2) is 0 Å². The van der Waals surface area contributed by atoms with Crippen molar-refractivity contribution < 1.29 is 14.3 Å². The van der Waals surface area contributed by atoms with Crippen molar-refractivity contribution in [1.29, 1.82) is 0 Å². The van der Waals surface area contributed by atoms with Crippen LogP contribution in [0.3, 0.4) is 0 Å². The van der Waals surface area contributed by atoms with E-state index in [1.807, 2.05) is 29.2 Å². The minimum absolute atomic E-state index is 0.0917. The molecule has 0 saturated carbocycles. The molecule has 2 aromatic carbocycles. The maximum absolute atomic E-state index is 13.5. The number of carbonyl (C=O) groups excluding carboxylic acids is 1. The highest BCUT2D eigenvalue weighted by atomic mass is 16.5. The number of methoxy groups -OCH3 is 2. The number of anilines is 2. The van der Waals surface area contributed by atoms with Crippen LogP contribution in [-0.4, -0.2) is 64.3 Å². The lowest BCUT2D eigenvalue weighted by Crippen LogP contribution is -2.46. The van der Waals surface area contributed by atoms with E-state index in [9.17, 15) is 4.79 Å². The van der Waals surface area contributed by atoms with Gasteiger partial charge in [0.05, 0.1) is 25.6 Å². The molecule has 6 nitrogen and oxygen atoms in total. The second-order valence-electron chi connectivity index (χ2n) is 7.52. The molecule has 2 aliphatic heterocycles. The van der Waals surface area contributed by atoms with Gasteiger partial charge in [-0.3, -0.25) is 4.79 Å². The molecule has 2 aliphatic rings. The normalized spacial score (nSPS) is 16.6. The van der Waals surface area contributed by atoms with Gasteiger partial charge in [-0.2, -0.15) is 0 Å². The molecule has 1 fully saturated rings. The van der Waals surface area contributed by atoms with Gasteiger partial charge in [-0.1, -0.05) is 18.2 Å². The van der Waals surface area contributed by atoms with Gasteiger partial charge >= 0.3 is 0 Å². The Balaban J connectivity index is 1.60. The highest BCUT2D eigenvalue weighted by Crippen LogP contribution is 2.37. The van der Waals surface area contributed by atoms with Gasteiger partial charge in [-0.15, -0.1) is 0 Å². The molecule has 1 amide bonds. The van der Waals surface area contributed by atoms with E-state index >= 15 is 0 Å². The van der Waals surface area contributed by atoms with Crippen molar-refractivity contribution in [3.8, 4) is 11.5 Å². The van der Waals surface area contributed by atoms with Gasteiger partial charge in [-0.05, 0) is 50.2 Å². The van der Waals surface area contributed by atoms with E-state index < -0.39 is 0 Å². The molecule has 0 aliphatic carbocycles. The molecular weight excluding hydrogens is 366 g/mol. The zero-order valence-electron chi connectivity index (χ0n) is 17.3. The summed E-state index contributed by atoms with van der Waals surface area (Å²) in [6, 6.07) is 13.6. The van der Waals surface area contributed by atoms with Crippen molar-refractivity contribution in [1.82, 2.24) is 4.90 Å². The van der Waals surface area contributed by atoms with Crippen LogP contribution in [0.25, 0.3) is 0 Å². The first-order chi connectivity index (χ1) is 14.2. The van der Waals surface area contributed by atoms with E-state index in [0.29, 0.717) is 23.6 Å². The predicted octanol–water partition coefficient (Wildman–Crippen LogP) is 3.27. The summed E-state index contributed by atoms with van der Waals surface area (Å²) in [5.41, 5.74) is 2.52. The number of hydrogen-bond acceptors (Lipinski definition) is 5. The van der Waals surface area contributed by atoms with Crippen LogP contribution in [0.2, 0.25) is 0 Å². The third kappa shape index (κ3) is 3.90. The van der Waals surface area contributed by atoms with Crippen molar-refractivity contribution in [2.24, 2.45) is 0 Å². The number of amides is 1. The van der Waals surface area contributed by atoms with Crippen LogP contribution >= 0.6 is 0 Å². The topological polar surface area (TPSA) is 45.3 Å². The molecule has 0 atom stereocenters. The number of carbonyl (C=O) groups is 1. The van der Waals surface area contributed by atoms with Crippen molar-refractivity contribution >= 4 is 17.3 Å². The van der Waals surface area contributed by atoms with E-state index in [2.05, 4.69) is 15.9 Å². The van der Waals surface area contributed by atoms with E-state index in [0.717, 1.165) is 31.0 Å². The Kier molecular flexibility index (Phi) is 5.90. The summed E-state index contributed by atoms with van der Waals surface area (Å²) in [5.74, 6) is 0.970. The molecule has 0 unspecified atom stereocenters. The van der Waals surface area contributed by atoms with Crippen LogP contribution in [0.1, 0.15) is 23.2 Å². The quantitative estimate of drug-likeness (QED) is 0.751. The fraction of sp³-hybridized carbons (Fsp3) is 0.435. The smallest absolute Gasteiger partial charge is 0.265 e. The summed E-state index contributed by atoms with van der Waals surface area (Å²) >= 11 is 0. The number of rotatable bonds is 6. The summed E-state index contributed by atoms with van der Waals surface area (Å²) in [6.07, 6.45) is 2.61. The monoisotopic (exact) mass is 395 g/mol. The van der Waals surface area contributed by atoms with Crippen molar-refractivity contribution in [2.45, 2.75) is 12.8 Å². The lowest BCUT2D eigenvalue weighted by atomic mass is 10.1. The molecule has 1 saturated heterocycles. The fourth-order valence-electron chi connectivity index (χ4n) is 4.33. The lowest BCUT2D eigenvalue weighted by Gasteiger charge is -2.38. The summed E-state index contributed by atoms with van der Waals surface area (Å²) < 4.78 is 10.9. The summed E-state index contributed by atoms with van der Waals surface area (Å²) in [5, 5.41) is 0. The third-order valence-corrected chi connectivity index (χ3v) is 5.88. The van der Waals surface area contributed by atoms with Crippen molar-refractivity contribution in [3.63, 3.8) is 0 Å². The second-order valence-corrected chi connectivity index (χ2v) is 7.52. The Morgan fingerprint density at radius 3 is 2.14 bits per heavy atom. The molecule has 0 N–H and O–H groups in total. The van der Waals surface area contributed by atoms with E-state index in [4.69, 9.17) is 9.47 Å². The molecule has 0 spiro atoms. The molecule has 0 radical (unpaired) electrons. The van der Waals surface area contributed by atoms with Crippen molar-refractivity contribution in [3.05, 3.63) is 48.0 Å². The maximum Gasteiger partial charge on any atom is 0.265 e. The molecule has 4 rings (SSSR count). The average molecular weight is 396 g/mol. The largest absolute Gasteiger partial charge is 0.496 e. The summed E-state index contributed by atoms with van der Waals surface area (Å²) in [7, 11) is 3.16. The Morgan fingerprint density at radius 1 is 0.828 bits per heavy atom. The highest BCUT2D eigenvalue weighted by Gasteiger charge is 2.30. The molecular formula is C23H29N3O3. The molecule has 2 aromatic rings. The van der Waals surface area contributed by atoms with E-state index in [-0.39, 0.29) is 5.91 Å². The lowest BCUT2D eigenvalue weighted by molar-refractivity contribution is 0.0980. The summed E-state index contributed by atoms with van der Waals surface area (Å²) in [6.45, 7) is 5.91. The van der Waals surface area contributed by atoms with Crippen LogP contribution in [0.15, 0.2) is 42.5 Å². The Labute approximate surface area is 172 Å². The highest BCUT2D eigenvalue weighted by molar-refractivity contribution is 6.11. The second kappa shape index (κ2) is 8.74. The maximum atomic E-state index is 13.5. The zero-order chi connectivity index (χ0) is 20.2. The van der Waals surface area contributed by atoms with E-state index in [1.165, 1.54) is 25.9 Å². The average Bonchev–Trinajstić information content (AvgIpc) is 3.30. The minimum Gasteiger partial charge on any atom is -0.496 e. The van der Waals surface area contributed by atoms with Gasteiger partial charge in [-0.25, -0.2) is 0 Å². The Morgan fingerprint density at radius 2 is 1.48 bits per heavy atom. The number of benzene rings is 2. The number of hydrogen-bond donors (Lipinski definition) is 0. The number of ether oxygens (including phenoxy) is 2. The molecule has 0 aromatic heterocycles. The van der Waals surface area contributed by atoms with Crippen LogP contribution in [0.5, 0.6) is 11.5 Å². The summed E-state index contributed by atoms with van der Waals surface area (Å²) in [4.78, 5) is 20.3. The zero-order valence-corrected chi connectivity index (χ0v) is 17.3. The van der Waals surface area contributed by atoms with E-state index in [1.54, 1.807) is 26.4 Å². The van der Waals surface area contributed by atoms with Gasteiger partial charge in [0.1, 0.15) is 17.1 Å². The van der Waals surface area contributed by atoms with Crippen LogP contribution in [0, 0.1) is 0 Å². The number of fused-ring (bicyclic) bond motifs is 1. The molecule has 29 heavy (non-hydrogen) atoms. The first kappa shape index (κ1) is 19.6. The van der Waals surface area contributed by atoms with Gasteiger partial charge in [0.25, 0.3) is 5.91 Å². The number of likely N-dealkylation sites (tertiary alicyclic amines) is 1. The number of nitrogens with zero attached hydrogens (tertiary/aromatic N) is 3. The number of para-hydroxylation sites is 2. The predicted molar refractivity (Wildman–Crippen MR) is 116 cm³/mol. The fourth-order valence-corrected chi connectivity index (χ4v) is 4.33. The Hall–Kier alpha value is -2.73. The van der Waals surface area contributed by atoms with Crippen LogP contribution in [-0.2, 0) is 0 Å². The van der Waals surface area contributed by atoms with Gasteiger partial charge in [0, 0.05) is 26.2 Å². The molecule has 2 heterocycles. The first-order valence-corrected chi connectivity index (χ1v) is 10.3. The third-order valence-electron chi connectivity index (χ3n) is 5.88. The van der Waals surface area contributed by atoms with Gasteiger partial charge in [0.2, 0.25) is 0 Å². The Bertz CT molecular complexity index is 842. The van der Waals surface area contributed by atoms with Crippen LogP contribution in [0.4, 0.5) is 11.4 Å². The van der Waals surface area contributed by atoms with Crippen LogP contribution < -0.4 is 19.3 Å². The first-order valence-electron chi connectivity index (χ1n) is 10.3. The SMILES string of the molecule is COc1cccc(OC)c1C(=O)N1CCN(CCN2CCCC2)c2ccccc21. The molecule has 6 heteroatoms. The van der Waals surface area contributed by atoms with Gasteiger partial charge < -0.3 is 24.2 Å². The molecule has 0 bridgehead atoms. The standard InChI is InChI=1S/C23H29N3O3/c1-28-20-10-7-11-21(29-2)22(20)23(27)26-17-16-25(15-14-24-12-5-6-13-24)18-8-3-4-9-19(18)26/h3-4,7-11H,5-6,12-17H2,1-2H3.